The Morgan fingerprint density at radius 2 is 0.789 bits per heavy atom. The molecule has 3 unspecified atom stereocenters. The second-order valence-electron chi connectivity index (χ2n) is 11.6. The number of benzene rings is 4. The molecule has 0 aliphatic heterocycles. The molecule has 2 N–H and O–H groups in total. The minimum absolute atomic E-state index is 0.122. The molecular weight excluding hydrogens is 464 g/mol. The van der Waals surface area contributed by atoms with Gasteiger partial charge in [-0.05, 0) is 52.8 Å². The lowest BCUT2D eigenvalue weighted by Crippen LogP contribution is -2.26. The number of rotatable bonds is 9. The number of hydrogen-bond donors (Lipinski definition) is 2. The summed E-state index contributed by atoms with van der Waals surface area (Å²) in [7, 11) is 0. The molecule has 0 aliphatic carbocycles. The van der Waals surface area contributed by atoms with E-state index >= 15 is 0 Å². The fourth-order valence-corrected chi connectivity index (χ4v) is 5.36. The molecule has 4 aromatic carbocycles. The van der Waals surface area contributed by atoms with Crippen LogP contribution < -0.4 is 0 Å². The van der Waals surface area contributed by atoms with Crippen molar-refractivity contribution in [1.82, 2.24) is 0 Å². The molecule has 0 spiro atoms. The highest BCUT2D eigenvalue weighted by molar-refractivity contribution is 5.52. The molecule has 0 aliphatic rings. The number of hydrogen-bond acceptors (Lipinski definition) is 2. The highest BCUT2D eigenvalue weighted by Crippen LogP contribution is 2.41. The summed E-state index contributed by atoms with van der Waals surface area (Å²) in [6.45, 7) is 13.4. The van der Waals surface area contributed by atoms with Gasteiger partial charge in [-0.1, -0.05) is 130 Å². The van der Waals surface area contributed by atoms with Gasteiger partial charge < -0.3 is 10.2 Å². The topological polar surface area (TPSA) is 40.5 Å². The van der Waals surface area contributed by atoms with Crippen molar-refractivity contribution in [1.29, 1.82) is 0 Å². The maximum absolute atomic E-state index is 9.61. The molecule has 0 aromatic heterocycles. The molecule has 4 rings (SSSR count). The summed E-state index contributed by atoms with van der Waals surface area (Å²) in [5.41, 5.74) is 9.35. The summed E-state index contributed by atoms with van der Waals surface area (Å²) in [5.74, 6) is 0.268. The Labute approximate surface area is 229 Å². The standard InChI is InChI=1S/C36H42O2/c1-25-7-13-32(14-8-25)36(6,33-17-11-29(12-18-33)27(3)24-38)34-21-19-31(20-22-34)35(4,5)30-15-9-28(10-16-30)26(2)23-37/h7-22,26-27,37-38H,23-24H2,1-6H3. The molecule has 2 nitrogen and oxygen atoms in total. The van der Waals surface area contributed by atoms with E-state index in [1.165, 1.54) is 33.4 Å². The lowest BCUT2D eigenvalue weighted by atomic mass is 9.69. The summed E-state index contributed by atoms with van der Waals surface area (Å²) in [5, 5.41) is 19.1. The number of aliphatic hydroxyl groups is 2. The maximum Gasteiger partial charge on any atom is 0.0497 e. The molecule has 0 fully saturated rings. The Kier molecular flexibility index (Phi) is 8.25. The third-order valence-corrected chi connectivity index (χ3v) is 8.62. The largest absolute Gasteiger partial charge is 0.396 e. The zero-order chi connectivity index (χ0) is 27.5. The van der Waals surface area contributed by atoms with Gasteiger partial charge in [0.2, 0.25) is 0 Å². The monoisotopic (exact) mass is 506 g/mol. The average molecular weight is 507 g/mol. The lowest BCUT2D eigenvalue weighted by molar-refractivity contribution is 0.273. The second kappa shape index (κ2) is 11.3. The van der Waals surface area contributed by atoms with Gasteiger partial charge in [-0.2, -0.15) is 0 Å². The SMILES string of the molecule is Cc1ccc(C(C)(c2ccc(C(C)CO)cc2)c2ccc(C(C)(C)c3ccc(C(C)CO)cc3)cc2)cc1. The molecular formula is C36H42O2. The van der Waals surface area contributed by atoms with Gasteiger partial charge in [-0.15, -0.1) is 0 Å². The Hall–Kier alpha value is -3.20. The molecule has 198 valence electrons. The molecule has 2 heteroatoms. The predicted octanol–water partition coefficient (Wildman–Crippen LogP) is 7.87. The van der Waals surface area contributed by atoms with Gasteiger partial charge in [0.1, 0.15) is 0 Å². The average Bonchev–Trinajstić information content (AvgIpc) is 2.96. The molecule has 0 amide bonds. The van der Waals surface area contributed by atoms with Crippen LogP contribution in [0.4, 0.5) is 0 Å². The van der Waals surface area contributed by atoms with Crippen LogP contribution in [0.1, 0.15) is 91.0 Å². The minimum atomic E-state index is -0.320. The number of aliphatic hydroxyl groups excluding tert-OH is 2. The first-order valence-corrected chi connectivity index (χ1v) is 13.7. The van der Waals surface area contributed by atoms with Crippen molar-refractivity contribution in [2.45, 2.75) is 64.2 Å². The highest BCUT2D eigenvalue weighted by atomic mass is 16.3. The van der Waals surface area contributed by atoms with E-state index in [0.29, 0.717) is 0 Å². The van der Waals surface area contributed by atoms with E-state index in [9.17, 15) is 10.2 Å². The van der Waals surface area contributed by atoms with Gasteiger partial charge in [-0.25, -0.2) is 0 Å². The lowest BCUT2D eigenvalue weighted by Gasteiger charge is -2.33. The summed E-state index contributed by atoms with van der Waals surface area (Å²) >= 11 is 0. The van der Waals surface area contributed by atoms with Crippen LogP contribution in [0.25, 0.3) is 0 Å². The first-order chi connectivity index (χ1) is 18.1. The van der Waals surface area contributed by atoms with Crippen molar-refractivity contribution in [3.63, 3.8) is 0 Å². The first-order valence-electron chi connectivity index (χ1n) is 13.7. The normalized spacial score (nSPS) is 15.1. The van der Waals surface area contributed by atoms with E-state index < -0.39 is 0 Å². The summed E-state index contributed by atoms with van der Waals surface area (Å²) in [6, 6.07) is 35.4. The molecule has 4 aromatic rings. The first kappa shape index (κ1) is 27.8. The van der Waals surface area contributed by atoms with E-state index in [2.05, 4.69) is 132 Å². The minimum Gasteiger partial charge on any atom is -0.396 e. The van der Waals surface area contributed by atoms with E-state index in [4.69, 9.17) is 0 Å². The maximum atomic E-state index is 9.61. The fraction of sp³-hybridized carbons (Fsp3) is 0.333. The van der Waals surface area contributed by atoms with Crippen LogP contribution in [0.2, 0.25) is 0 Å². The second-order valence-corrected chi connectivity index (χ2v) is 11.6. The van der Waals surface area contributed by atoms with Crippen LogP contribution in [-0.4, -0.2) is 23.4 Å². The summed E-state index contributed by atoms with van der Waals surface area (Å²) in [6.07, 6.45) is 0. The molecule has 0 radical (unpaired) electrons. The third-order valence-electron chi connectivity index (χ3n) is 8.62. The van der Waals surface area contributed by atoms with E-state index in [1.807, 2.05) is 6.92 Å². The highest BCUT2D eigenvalue weighted by Gasteiger charge is 2.32. The quantitative estimate of drug-likeness (QED) is 0.227. The Bertz CT molecular complexity index is 1320. The van der Waals surface area contributed by atoms with Crippen molar-refractivity contribution < 1.29 is 10.2 Å². The molecule has 0 saturated heterocycles. The summed E-state index contributed by atoms with van der Waals surface area (Å²) < 4.78 is 0. The van der Waals surface area contributed by atoms with Crippen LogP contribution >= 0.6 is 0 Å². The Balaban J connectivity index is 1.73. The molecule has 3 atom stereocenters. The van der Waals surface area contributed by atoms with Gasteiger partial charge in [0, 0.05) is 35.9 Å². The van der Waals surface area contributed by atoms with Gasteiger partial charge in [0.25, 0.3) is 0 Å². The zero-order valence-electron chi connectivity index (χ0n) is 23.7. The van der Waals surface area contributed by atoms with Gasteiger partial charge in [0.05, 0.1) is 0 Å². The van der Waals surface area contributed by atoms with Crippen LogP contribution in [-0.2, 0) is 10.8 Å². The molecule has 0 saturated carbocycles. The van der Waals surface area contributed by atoms with E-state index in [-0.39, 0.29) is 35.9 Å². The van der Waals surface area contributed by atoms with Crippen molar-refractivity contribution in [3.05, 3.63) is 142 Å². The van der Waals surface area contributed by atoms with Gasteiger partial charge in [0.15, 0.2) is 0 Å². The van der Waals surface area contributed by atoms with Gasteiger partial charge >= 0.3 is 0 Å². The molecule has 38 heavy (non-hydrogen) atoms. The number of aryl methyl sites for hydroxylation is 1. The van der Waals surface area contributed by atoms with E-state index in [0.717, 1.165) is 11.1 Å². The Morgan fingerprint density at radius 1 is 0.500 bits per heavy atom. The zero-order valence-corrected chi connectivity index (χ0v) is 23.7. The van der Waals surface area contributed by atoms with E-state index in [1.54, 1.807) is 0 Å². The van der Waals surface area contributed by atoms with Crippen LogP contribution in [0.15, 0.2) is 97.1 Å². The smallest absolute Gasteiger partial charge is 0.0497 e. The van der Waals surface area contributed by atoms with Crippen LogP contribution in [0.3, 0.4) is 0 Å². The molecule has 0 heterocycles. The third kappa shape index (κ3) is 5.34. The fourth-order valence-electron chi connectivity index (χ4n) is 5.36. The van der Waals surface area contributed by atoms with Crippen molar-refractivity contribution in [3.8, 4) is 0 Å². The van der Waals surface area contributed by atoms with Crippen molar-refractivity contribution >= 4 is 0 Å². The summed E-state index contributed by atoms with van der Waals surface area (Å²) in [4.78, 5) is 0. The Morgan fingerprint density at radius 3 is 1.16 bits per heavy atom. The van der Waals surface area contributed by atoms with Crippen molar-refractivity contribution in [2.24, 2.45) is 0 Å². The van der Waals surface area contributed by atoms with Crippen molar-refractivity contribution in [2.75, 3.05) is 13.2 Å². The van der Waals surface area contributed by atoms with Crippen LogP contribution in [0, 0.1) is 6.92 Å². The molecule has 0 bridgehead atoms. The predicted molar refractivity (Wildman–Crippen MR) is 159 cm³/mol. The van der Waals surface area contributed by atoms with Gasteiger partial charge in [-0.3, -0.25) is 0 Å². The van der Waals surface area contributed by atoms with Crippen LogP contribution in [0.5, 0.6) is 0 Å².